The Morgan fingerprint density at radius 1 is 1.22 bits per heavy atom. The third kappa shape index (κ3) is 3.81. The van der Waals surface area contributed by atoms with Crippen LogP contribution < -0.4 is 5.32 Å². The van der Waals surface area contributed by atoms with Gasteiger partial charge in [0, 0.05) is 5.69 Å². The van der Waals surface area contributed by atoms with Crippen LogP contribution in [0.3, 0.4) is 0 Å². The first-order valence-corrected chi connectivity index (χ1v) is 8.41. The zero-order valence-corrected chi connectivity index (χ0v) is 13.5. The van der Waals surface area contributed by atoms with Gasteiger partial charge in [-0.15, -0.1) is 0 Å². The molecule has 23 heavy (non-hydrogen) atoms. The molecule has 2 aliphatic rings. The molecule has 0 saturated heterocycles. The summed E-state index contributed by atoms with van der Waals surface area (Å²) >= 11 is 0. The van der Waals surface area contributed by atoms with Gasteiger partial charge in [-0.2, -0.15) is 0 Å². The highest BCUT2D eigenvalue weighted by molar-refractivity contribution is 5.95. The fourth-order valence-electron chi connectivity index (χ4n) is 3.23. The molecule has 2 aliphatic carbocycles. The summed E-state index contributed by atoms with van der Waals surface area (Å²) in [4.78, 5) is 24.3. The van der Waals surface area contributed by atoms with E-state index < -0.39 is 6.10 Å². The maximum atomic E-state index is 12.2. The molecular formula is C19H23NO3. The maximum absolute atomic E-state index is 12.2. The molecule has 1 aromatic rings. The number of esters is 1. The quantitative estimate of drug-likeness (QED) is 0.684. The highest BCUT2D eigenvalue weighted by Gasteiger charge is 2.25. The molecule has 0 fully saturated rings. The molecule has 1 aromatic carbocycles. The Hall–Kier alpha value is -2.10. The zero-order chi connectivity index (χ0) is 16.2. The van der Waals surface area contributed by atoms with Crippen LogP contribution >= 0.6 is 0 Å². The lowest BCUT2D eigenvalue weighted by Crippen LogP contribution is -2.32. The second-order valence-electron chi connectivity index (χ2n) is 6.39. The Morgan fingerprint density at radius 2 is 2.04 bits per heavy atom. The zero-order valence-electron chi connectivity index (χ0n) is 13.5. The number of rotatable bonds is 4. The van der Waals surface area contributed by atoms with E-state index in [0.29, 0.717) is 6.42 Å². The summed E-state index contributed by atoms with van der Waals surface area (Å²) in [6.45, 7) is 1.62. The van der Waals surface area contributed by atoms with Gasteiger partial charge in [0.05, 0.1) is 5.92 Å². The highest BCUT2D eigenvalue weighted by atomic mass is 16.5. The van der Waals surface area contributed by atoms with Gasteiger partial charge in [0.1, 0.15) is 0 Å². The second kappa shape index (κ2) is 6.99. The number of nitrogens with one attached hydrogen (secondary N) is 1. The van der Waals surface area contributed by atoms with Crippen LogP contribution in [0.5, 0.6) is 0 Å². The van der Waals surface area contributed by atoms with E-state index in [1.807, 2.05) is 18.2 Å². The lowest BCUT2D eigenvalue weighted by Gasteiger charge is -2.19. The van der Waals surface area contributed by atoms with E-state index in [-0.39, 0.29) is 17.8 Å². The number of hydrogen-bond donors (Lipinski definition) is 1. The van der Waals surface area contributed by atoms with E-state index in [0.717, 1.165) is 31.4 Å². The van der Waals surface area contributed by atoms with Crippen molar-refractivity contribution in [2.75, 3.05) is 5.32 Å². The fraction of sp³-hybridized carbons (Fsp3) is 0.474. The lowest BCUT2D eigenvalue weighted by atomic mass is 9.95. The van der Waals surface area contributed by atoms with Gasteiger partial charge < -0.3 is 10.1 Å². The van der Waals surface area contributed by atoms with Crippen LogP contribution in [0.25, 0.3) is 0 Å². The van der Waals surface area contributed by atoms with E-state index in [2.05, 4.69) is 17.5 Å². The molecule has 0 radical (unpaired) electrons. The monoisotopic (exact) mass is 313 g/mol. The predicted octanol–water partition coefficient (Wildman–Crippen LogP) is 3.40. The van der Waals surface area contributed by atoms with Crippen molar-refractivity contribution in [3.05, 3.63) is 41.5 Å². The molecule has 0 aromatic heterocycles. The van der Waals surface area contributed by atoms with Crippen LogP contribution in [0.2, 0.25) is 0 Å². The number of carbonyl (C=O) groups is 2. The van der Waals surface area contributed by atoms with E-state index in [1.54, 1.807) is 6.92 Å². The minimum atomic E-state index is -0.776. The number of hydrogen-bond acceptors (Lipinski definition) is 3. The number of allylic oxidation sites excluding steroid dienone is 2. The Bertz CT molecular complexity index is 636. The standard InChI is InChI=1S/C19H23NO3/c1-13(23-19(22)15-6-3-2-4-7-15)18(21)20-17-11-10-14-8-5-9-16(14)12-17/h2-3,10-13,15H,4-9H2,1H3,(H,20,21)/t13-,15+/m1/s1. The number of amides is 1. The average Bonchev–Trinajstić information content (AvgIpc) is 3.03. The van der Waals surface area contributed by atoms with E-state index in [1.165, 1.54) is 17.5 Å². The van der Waals surface area contributed by atoms with Crippen molar-refractivity contribution in [1.29, 1.82) is 0 Å². The number of fused-ring (bicyclic) bond motifs is 1. The molecule has 4 heteroatoms. The van der Waals surface area contributed by atoms with Crippen molar-refractivity contribution in [2.45, 2.75) is 51.6 Å². The highest BCUT2D eigenvalue weighted by Crippen LogP contribution is 2.25. The van der Waals surface area contributed by atoms with Gasteiger partial charge in [-0.25, -0.2) is 0 Å². The summed E-state index contributed by atoms with van der Waals surface area (Å²) in [7, 11) is 0. The number of aryl methyl sites for hydroxylation is 2. The van der Waals surface area contributed by atoms with Gasteiger partial charge in [0.2, 0.25) is 0 Å². The number of ether oxygens (including phenoxy) is 1. The molecule has 0 saturated carbocycles. The van der Waals surface area contributed by atoms with Crippen molar-refractivity contribution >= 4 is 17.6 Å². The first-order valence-electron chi connectivity index (χ1n) is 8.41. The maximum Gasteiger partial charge on any atom is 0.310 e. The van der Waals surface area contributed by atoms with Crippen molar-refractivity contribution in [1.82, 2.24) is 0 Å². The molecular weight excluding hydrogens is 290 g/mol. The van der Waals surface area contributed by atoms with Gasteiger partial charge in [0.15, 0.2) is 6.10 Å². The van der Waals surface area contributed by atoms with Crippen LogP contribution in [0.4, 0.5) is 5.69 Å². The normalized spacial score (nSPS) is 20.7. The van der Waals surface area contributed by atoms with E-state index >= 15 is 0 Å². The second-order valence-corrected chi connectivity index (χ2v) is 6.39. The van der Waals surface area contributed by atoms with Gasteiger partial charge >= 0.3 is 5.97 Å². The molecule has 2 atom stereocenters. The smallest absolute Gasteiger partial charge is 0.310 e. The van der Waals surface area contributed by atoms with Gasteiger partial charge in [-0.3, -0.25) is 9.59 Å². The van der Waals surface area contributed by atoms with Gasteiger partial charge in [-0.1, -0.05) is 18.2 Å². The minimum absolute atomic E-state index is 0.116. The first-order chi connectivity index (χ1) is 11.1. The molecule has 4 nitrogen and oxygen atoms in total. The predicted molar refractivity (Wildman–Crippen MR) is 89.1 cm³/mol. The van der Waals surface area contributed by atoms with Crippen molar-refractivity contribution < 1.29 is 14.3 Å². The molecule has 0 spiro atoms. The molecule has 0 aliphatic heterocycles. The van der Waals surface area contributed by atoms with Crippen LogP contribution in [0, 0.1) is 5.92 Å². The largest absolute Gasteiger partial charge is 0.452 e. The minimum Gasteiger partial charge on any atom is -0.452 e. The third-order valence-electron chi connectivity index (χ3n) is 4.63. The summed E-state index contributed by atoms with van der Waals surface area (Å²) in [5.74, 6) is -0.663. The van der Waals surface area contributed by atoms with Crippen molar-refractivity contribution in [2.24, 2.45) is 5.92 Å². The molecule has 122 valence electrons. The molecule has 0 bridgehead atoms. The molecule has 0 unspecified atom stereocenters. The lowest BCUT2D eigenvalue weighted by molar-refractivity contribution is -0.157. The van der Waals surface area contributed by atoms with Crippen molar-refractivity contribution in [3.63, 3.8) is 0 Å². The van der Waals surface area contributed by atoms with Gasteiger partial charge in [-0.05, 0) is 68.7 Å². The van der Waals surface area contributed by atoms with Crippen LogP contribution in [0.1, 0.15) is 43.7 Å². The molecule has 3 rings (SSSR count). The summed E-state index contributed by atoms with van der Waals surface area (Å²) in [5.41, 5.74) is 3.45. The SMILES string of the molecule is C[C@@H](OC(=O)[C@H]1CC=CCC1)C(=O)Nc1ccc2c(c1)CCC2. The molecule has 1 N–H and O–H groups in total. The Morgan fingerprint density at radius 3 is 2.83 bits per heavy atom. The Kier molecular flexibility index (Phi) is 4.79. The summed E-state index contributed by atoms with van der Waals surface area (Å²) in [6.07, 6.45) is 9.07. The Balaban J connectivity index is 1.55. The third-order valence-corrected chi connectivity index (χ3v) is 4.63. The Labute approximate surface area is 136 Å². The average molecular weight is 313 g/mol. The van der Waals surface area contributed by atoms with E-state index in [4.69, 9.17) is 4.74 Å². The number of benzene rings is 1. The van der Waals surface area contributed by atoms with Crippen LogP contribution in [-0.2, 0) is 27.2 Å². The number of anilines is 1. The summed E-state index contributed by atoms with van der Waals surface area (Å²) < 4.78 is 5.33. The topological polar surface area (TPSA) is 55.4 Å². The molecule has 0 heterocycles. The summed E-state index contributed by atoms with van der Waals surface area (Å²) in [5, 5.41) is 2.85. The van der Waals surface area contributed by atoms with E-state index in [9.17, 15) is 9.59 Å². The first kappa shape index (κ1) is 15.8. The van der Waals surface area contributed by atoms with Crippen LogP contribution in [0.15, 0.2) is 30.4 Å². The van der Waals surface area contributed by atoms with Gasteiger partial charge in [0.25, 0.3) is 5.91 Å². The summed E-state index contributed by atoms with van der Waals surface area (Å²) in [6, 6.07) is 6.02. The fourth-order valence-corrected chi connectivity index (χ4v) is 3.23. The van der Waals surface area contributed by atoms with Crippen molar-refractivity contribution in [3.8, 4) is 0 Å². The van der Waals surface area contributed by atoms with Crippen LogP contribution in [-0.4, -0.2) is 18.0 Å². The number of carbonyl (C=O) groups excluding carboxylic acids is 2. The molecule has 1 amide bonds.